The van der Waals surface area contributed by atoms with Crippen molar-refractivity contribution in [2.45, 2.75) is 57.7 Å². The fraction of sp³-hybridized carbons (Fsp3) is 0.667. The topological polar surface area (TPSA) is 91.7 Å². The number of Topliss-reactive ketones (excluding diaryl/α,β-unsaturated/α-hetero) is 1. The van der Waals surface area contributed by atoms with Gasteiger partial charge in [-0.05, 0) is 56.1 Å². The molecule has 26 heavy (non-hydrogen) atoms. The quantitative estimate of drug-likeness (QED) is 0.580. The number of carbonyl (C=O) groups is 3. The van der Waals surface area contributed by atoms with Crippen molar-refractivity contribution in [2.24, 2.45) is 28.6 Å². The maximum Gasteiger partial charge on any atom is 0.227 e. The summed E-state index contributed by atoms with van der Waals surface area (Å²) >= 11 is 0. The van der Waals surface area contributed by atoms with Gasteiger partial charge in [0.2, 0.25) is 5.78 Å². The minimum absolute atomic E-state index is 0.00196. The average molecular weight is 358 g/mol. The molecule has 1 unspecified atom stereocenters. The third kappa shape index (κ3) is 2.01. The van der Waals surface area contributed by atoms with Crippen LogP contribution in [0.15, 0.2) is 23.8 Å². The lowest BCUT2D eigenvalue weighted by Crippen LogP contribution is -2.61. The number of hydrogen-bond acceptors (Lipinski definition) is 5. The van der Waals surface area contributed by atoms with E-state index in [0.717, 1.165) is 18.4 Å². The van der Waals surface area contributed by atoms with Crippen molar-refractivity contribution in [2.75, 3.05) is 0 Å². The van der Waals surface area contributed by atoms with Crippen LogP contribution in [-0.4, -0.2) is 39.8 Å². The van der Waals surface area contributed by atoms with Crippen molar-refractivity contribution < 1.29 is 24.6 Å². The summed E-state index contributed by atoms with van der Waals surface area (Å²) in [6.07, 6.45) is 7.62. The van der Waals surface area contributed by atoms with Gasteiger partial charge in [-0.25, -0.2) is 0 Å². The molecule has 0 saturated heterocycles. The molecule has 0 bridgehead atoms. The zero-order valence-corrected chi connectivity index (χ0v) is 15.3. The monoisotopic (exact) mass is 358 g/mol. The summed E-state index contributed by atoms with van der Waals surface area (Å²) in [6.45, 7) is 3.95. The molecule has 5 heteroatoms. The first-order chi connectivity index (χ1) is 12.2. The van der Waals surface area contributed by atoms with Gasteiger partial charge in [-0.15, -0.1) is 0 Å². The van der Waals surface area contributed by atoms with Crippen LogP contribution in [0.2, 0.25) is 0 Å². The zero-order valence-electron chi connectivity index (χ0n) is 15.3. The second-order valence-corrected chi connectivity index (χ2v) is 9.09. The molecule has 4 aliphatic carbocycles. The molecule has 4 rings (SSSR count). The Morgan fingerprint density at radius 2 is 2.04 bits per heavy atom. The third-order valence-electron chi connectivity index (χ3n) is 8.16. The molecule has 0 aromatic carbocycles. The molecule has 5 nitrogen and oxygen atoms in total. The van der Waals surface area contributed by atoms with E-state index in [9.17, 15) is 24.6 Å². The van der Waals surface area contributed by atoms with Crippen LogP contribution in [0.4, 0.5) is 0 Å². The van der Waals surface area contributed by atoms with Crippen molar-refractivity contribution in [1.82, 2.24) is 0 Å². The van der Waals surface area contributed by atoms with Gasteiger partial charge in [-0.3, -0.25) is 14.4 Å². The van der Waals surface area contributed by atoms with Crippen molar-refractivity contribution in [3.05, 3.63) is 23.8 Å². The molecule has 7 atom stereocenters. The average Bonchev–Trinajstić information content (AvgIpc) is 2.86. The molecule has 2 N–H and O–H groups in total. The van der Waals surface area contributed by atoms with E-state index in [-0.39, 0.29) is 41.7 Å². The number of aliphatic hydroxyl groups is 2. The minimum Gasteiger partial charge on any atom is -0.393 e. The van der Waals surface area contributed by atoms with E-state index in [4.69, 9.17) is 0 Å². The summed E-state index contributed by atoms with van der Waals surface area (Å²) in [5.74, 6) is -0.582. The molecular weight excluding hydrogens is 332 g/mol. The minimum atomic E-state index is -1.68. The van der Waals surface area contributed by atoms with E-state index < -0.39 is 22.9 Å². The molecule has 3 fully saturated rings. The Labute approximate surface area is 153 Å². The molecule has 0 heterocycles. The predicted molar refractivity (Wildman–Crippen MR) is 94.0 cm³/mol. The molecule has 0 amide bonds. The Balaban J connectivity index is 1.76. The van der Waals surface area contributed by atoms with Crippen LogP contribution in [-0.2, 0) is 14.4 Å². The Hall–Kier alpha value is -1.59. The summed E-state index contributed by atoms with van der Waals surface area (Å²) in [5.41, 5.74) is -1.77. The smallest absolute Gasteiger partial charge is 0.227 e. The molecule has 0 spiro atoms. The SMILES string of the molecule is C[C@]12C=CC(=O)C=C1CC[C@@H]1C2[C@@H](O)C[C@@]2(C)[C@H]1CC[C@]2(O)C(=O)C=O. The van der Waals surface area contributed by atoms with Crippen molar-refractivity contribution >= 4 is 17.9 Å². The highest BCUT2D eigenvalue weighted by molar-refractivity contribution is 6.29. The fourth-order valence-corrected chi connectivity index (χ4v) is 6.83. The van der Waals surface area contributed by atoms with Gasteiger partial charge in [-0.2, -0.15) is 0 Å². The number of aliphatic hydroxyl groups excluding tert-OH is 1. The Morgan fingerprint density at radius 1 is 1.31 bits per heavy atom. The lowest BCUT2D eigenvalue weighted by atomic mass is 9.46. The normalized spacial score (nSPS) is 49.7. The van der Waals surface area contributed by atoms with Gasteiger partial charge < -0.3 is 10.2 Å². The number of allylic oxidation sites excluding steroid dienone is 4. The van der Waals surface area contributed by atoms with Crippen LogP contribution in [0, 0.1) is 28.6 Å². The van der Waals surface area contributed by atoms with E-state index >= 15 is 0 Å². The maximum atomic E-state index is 12.2. The first kappa shape index (κ1) is 17.8. The molecule has 3 saturated carbocycles. The second kappa shape index (κ2) is 5.46. The first-order valence-electron chi connectivity index (χ1n) is 9.52. The number of hydrogen-bond donors (Lipinski definition) is 2. The van der Waals surface area contributed by atoms with E-state index in [2.05, 4.69) is 6.92 Å². The summed E-state index contributed by atoms with van der Waals surface area (Å²) in [6, 6.07) is 0. The van der Waals surface area contributed by atoms with E-state index in [1.807, 2.05) is 13.0 Å². The van der Waals surface area contributed by atoms with E-state index in [0.29, 0.717) is 12.8 Å². The highest BCUT2D eigenvalue weighted by atomic mass is 16.3. The molecule has 0 aromatic rings. The molecule has 4 aliphatic rings. The van der Waals surface area contributed by atoms with E-state index in [1.54, 1.807) is 12.2 Å². The van der Waals surface area contributed by atoms with Gasteiger partial charge in [0.05, 0.1) is 6.10 Å². The van der Waals surface area contributed by atoms with Gasteiger partial charge in [0.15, 0.2) is 12.1 Å². The lowest BCUT2D eigenvalue weighted by molar-refractivity contribution is -0.176. The summed E-state index contributed by atoms with van der Waals surface area (Å²) in [4.78, 5) is 35.2. The molecule has 0 radical (unpaired) electrons. The molecular formula is C21H26O5. The standard InChI is InChI=1S/C21H26O5/c1-19-7-5-13(23)9-12(19)3-4-14-15-6-8-21(26,17(25)11-22)20(15,2)10-16(24)18(14)19/h5,7,9,11,14-16,18,24,26H,3-4,6,8,10H2,1-2H3/t14-,15-,16-,18?,19-,20-,21-/m0/s1. The highest BCUT2D eigenvalue weighted by Gasteiger charge is 2.68. The summed E-state index contributed by atoms with van der Waals surface area (Å²) in [5, 5.41) is 22.2. The zero-order chi connectivity index (χ0) is 18.9. The van der Waals surface area contributed by atoms with E-state index in [1.165, 1.54) is 0 Å². The van der Waals surface area contributed by atoms with Gasteiger partial charge in [0.25, 0.3) is 0 Å². The molecule has 0 aromatic heterocycles. The Bertz CT molecular complexity index is 752. The Morgan fingerprint density at radius 3 is 2.73 bits per heavy atom. The van der Waals surface area contributed by atoms with Crippen LogP contribution in [0.5, 0.6) is 0 Å². The van der Waals surface area contributed by atoms with Crippen LogP contribution >= 0.6 is 0 Å². The van der Waals surface area contributed by atoms with Crippen molar-refractivity contribution in [3.63, 3.8) is 0 Å². The van der Waals surface area contributed by atoms with Crippen LogP contribution in [0.1, 0.15) is 46.0 Å². The van der Waals surface area contributed by atoms with Gasteiger partial charge in [0.1, 0.15) is 5.60 Å². The largest absolute Gasteiger partial charge is 0.393 e. The Kier molecular flexibility index (Phi) is 3.74. The fourth-order valence-electron chi connectivity index (χ4n) is 6.83. The number of aldehydes is 1. The van der Waals surface area contributed by atoms with Crippen LogP contribution < -0.4 is 0 Å². The van der Waals surface area contributed by atoms with Gasteiger partial charge in [-0.1, -0.05) is 25.5 Å². The van der Waals surface area contributed by atoms with Crippen molar-refractivity contribution in [3.8, 4) is 0 Å². The predicted octanol–water partition coefficient (Wildman–Crippen LogP) is 1.76. The first-order valence-corrected chi connectivity index (χ1v) is 9.52. The van der Waals surface area contributed by atoms with Gasteiger partial charge in [0, 0.05) is 16.7 Å². The number of fused-ring (bicyclic) bond motifs is 5. The van der Waals surface area contributed by atoms with Crippen LogP contribution in [0.3, 0.4) is 0 Å². The van der Waals surface area contributed by atoms with Crippen LogP contribution in [0.25, 0.3) is 0 Å². The summed E-state index contributed by atoms with van der Waals surface area (Å²) in [7, 11) is 0. The van der Waals surface area contributed by atoms with Crippen molar-refractivity contribution in [1.29, 1.82) is 0 Å². The summed E-state index contributed by atoms with van der Waals surface area (Å²) < 4.78 is 0. The lowest BCUT2D eigenvalue weighted by Gasteiger charge is -2.59. The van der Waals surface area contributed by atoms with Gasteiger partial charge >= 0.3 is 0 Å². The highest BCUT2D eigenvalue weighted by Crippen LogP contribution is 2.66. The maximum absolute atomic E-state index is 12.2. The molecule has 0 aliphatic heterocycles. The number of rotatable bonds is 2. The third-order valence-corrected chi connectivity index (χ3v) is 8.16. The number of carbonyl (C=O) groups excluding carboxylic acids is 3. The second-order valence-electron chi connectivity index (χ2n) is 9.09. The molecule has 140 valence electrons. The number of ketones is 2.